The number of benzene rings is 1. The molecule has 5 heteroatoms. The van der Waals surface area contributed by atoms with Crippen LogP contribution in [0.1, 0.15) is 29.4 Å². The van der Waals surface area contributed by atoms with E-state index in [0.29, 0.717) is 12.6 Å². The van der Waals surface area contributed by atoms with Gasteiger partial charge in [-0.2, -0.15) is 4.37 Å². The second-order valence-corrected chi connectivity index (χ2v) is 5.44. The monoisotopic (exact) mass is 275 g/mol. The van der Waals surface area contributed by atoms with Crippen molar-refractivity contribution in [2.75, 3.05) is 19.0 Å². The lowest BCUT2D eigenvalue weighted by molar-refractivity contribution is 0.201. The maximum absolute atomic E-state index is 5.04. The molecule has 3 rings (SSSR count). The molecule has 0 radical (unpaired) electrons. The van der Waals surface area contributed by atoms with Crippen LogP contribution in [-0.2, 0) is 17.6 Å². The van der Waals surface area contributed by atoms with Crippen molar-refractivity contribution < 1.29 is 4.74 Å². The Kier molecular flexibility index (Phi) is 3.75. The second-order valence-electron chi connectivity index (χ2n) is 4.69. The minimum Gasteiger partial charge on any atom is -0.384 e. The fourth-order valence-corrected chi connectivity index (χ4v) is 3.13. The van der Waals surface area contributed by atoms with Gasteiger partial charge >= 0.3 is 0 Å². The number of aromatic nitrogens is 2. The quantitative estimate of drug-likeness (QED) is 0.911. The van der Waals surface area contributed by atoms with E-state index in [2.05, 4.69) is 38.9 Å². The van der Waals surface area contributed by atoms with Crippen LogP contribution in [0.5, 0.6) is 0 Å². The Morgan fingerprint density at radius 1 is 1.42 bits per heavy atom. The number of nitrogens with one attached hydrogen (secondary N) is 1. The van der Waals surface area contributed by atoms with Crippen molar-refractivity contribution in [1.29, 1.82) is 0 Å². The Balaban J connectivity index is 1.68. The molecule has 2 aromatic rings. The van der Waals surface area contributed by atoms with Gasteiger partial charge in [0.2, 0.25) is 5.13 Å². The van der Waals surface area contributed by atoms with E-state index in [1.54, 1.807) is 7.11 Å². The number of methoxy groups -OCH3 is 1. The molecule has 1 unspecified atom stereocenters. The summed E-state index contributed by atoms with van der Waals surface area (Å²) in [6, 6.07) is 8.99. The zero-order valence-electron chi connectivity index (χ0n) is 10.9. The summed E-state index contributed by atoms with van der Waals surface area (Å²) in [4.78, 5) is 4.50. The van der Waals surface area contributed by atoms with Crippen LogP contribution in [0.4, 0.5) is 5.13 Å². The molecule has 1 aliphatic rings. The van der Waals surface area contributed by atoms with Gasteiger partial charge in [-0.1, -0.05) is 24.3 Å². The van der Waals surface area contributed by atoms with Gasteiger partial charge in [0.25, 0.3) is 0 Å². The number of fused-ring (bicyclic) bond motifs is 1. The maximum Gasteiger partial charge on any atom is 0.203 e. The Hall–Kier alpha value is -1.46. The summed E-state index contributed by atoms with van der Waals surface area (Å²) in [7, 11) is 1.70. The van der Waals surface area contributed by atoms with Crippen molar-refractivity contribution in [2.24, 2.45) is 0 Å². The highest BCUT2D eigenvalue weighted by atomic mass is 32.1. The van der Waals surface area contributed by atoms with Crippen LogP contribution in [0.15, 0.2) is 24.3 Å². The summed E-state index contributed by atoms with van der Waals surface area (Å²) >= 11 is 1.43. The minimum atomic E-state index is 0.374. The van der Waals surface area contributed by atoms with Crippen molar-refractivity contribution in [3.05, 3.63) is 41.2 Å². The molecule has 1 aliphatic carbocycles. The molecular weight excluding hydrogens is 258 g/mol. The van der Waals surface area contributed by atoms with E-state index in [9.17, 15) is 0 Å². The number of hydrogen-bond acceptors (Lipinski definition) is 5. The lowest BCUT2D eigenvalue weighted by Crippen LogP contribution is -2.07. The first-order valence-electron chi connectivity index (χ1n) is 6.52. The highest BCUT2D eigenvalue weighted by molar-refractivity contribution is 7.09. The molecule has 0 aliphatic heterocycles. The van der Waals surface area contributed by atoms with E-state index in [0.717, 1.165) is 30.2 Å². The summed E-state index contributed by atoms with van der Waals surface area (Å²) in [5, 5.41) is 4.41. The van der Waals surface area contributed by atoms with E-state index in [1.165, 1.54) is 22.7 Å². The molecule has 4 nitrogen and oxygen atoms in total. The number of anilines is 1. The number of hydrogen-bond donors (Lipinski definition) is 1. The minimum absolute atomic E-state index is 0.374. The molecule has 19 heavy (non-hydrogen) atoms. The van der Waals surface area contributed by atoms with Crippen LogP contribution in [-0.4, -0.2) is 23.1 Å². The van der Waals surface area contributed by atoms with Gasteiger partial charge in [-0.15, -0.1) is 0 Å². The van der Waals surface area contributed by atoms with Crippen molar-refractivity contribution in [3.8, 4) is 0 Å². The third-order valence-electron chi connectivity index (χ3n) is 3.43. The fourth-order valence-electron chi connectivity index (χ4n) is 2.46. The van der Waals surface area contributed by atoms with Crippen molar-refractivity contribution in [2.45, 2.75) is 25.3 Å². The molecule has 0 amide bonds. The highest BCUT2D eigenvalue weighted by Gasteiger charge is 2.22. The Morgan fingerprint density at radius 3 is 3.21 bits per heavy atom. The molecule has 0 fully saturated rings. The van der Waals surface area contributed by atoms with E-state index in [4.69, 9.17) is 4.74 Å². The molecular formula is C14H17N3OS. The van der Waals surface area contributed by atoms with Gasteiger partial charge in [-0.05, 0) is 24.0 Å². The van der Waals surface area contributed by atoms with E-state index in [-0.39, 0.29) is 0 Å². The number of ether oxygens (including phenoxy) is 1. The predicted octanol–water partition coefficient (Wildman–Crippen LogP) is 2.83. The van der Waals surface area contributed by atoms with Gasteiger partial charge in [0.05, 0.1) is 12.6 Å². The summed E-state index contributed by atoms with van der Waals surface area (Å²) in [6.07, 6.45) is 3.05. The molecule has 1 aromatic heterocycles. The summed E-state index contributed by atoms with van der Waals surface area (Å²) < 4.78 is 9.38. The summed E-state index contributed by atoms with van der Waals surface area (Å²) in [6.45, 7) is 0.669. The van der Waals surface area contributed by atoms with Crippen LogP contribution < -0.4 is 5.32 Å². The molecule has 1 heterocycles. The Bertz CT molecular complexity index is 555. The first-order valence-corrected chi connectivity index (χ1v) is 7.30. The third-order valence-corrected chi connectivity index (χ3v) is 4.11. The second kappa shape index (κ2) is 5.67. The van der Waals surface area contributed by atoms with Gasteiger partial charge in [-0.25, -0.2) is 4.98 Å². The standard InChI is InChI=1S/C14H17N3OS/c1-18-9-8-13-16-14(19-17-13)15-12-7-6-10-4-2-3-5-11(10)12/h2-5,12H,6-9H2,1H3,(H,15,16,17). The van der Waals surface area contributed by atoms with Crippen LogP contribution in [0.3, 0.4) is 0 Å². The van der Waals surface area contributed by atoms with Crippen molar-refractivity contribution in [3.63, 3.8) is 0 Å². The number of aryl methyl sites for hydroxylation is 1. The maximum atomic E-state index is 5.04. The molecule has 1 N–H and O–H groups in total. The first-order chi connectivity index (χ1) is 9.36. The molecule has 0 saturated carbocycles. The lowest BCUT2D eigenvalue weighted by Gasteiger charge is -2.12. The fraction of sp³-hybridized carbons (Fsp3) is 0.429. The van der Waals surface area contributed by atoms with Gasteiger partial charge in [0.15, 0.2) is 0 Å². The third kappa shape index (κ3) is 2.77. The van der Waals surface area contributed by atoms with E-state index >= 15 is 0 Å². The van der Waals surface area contributed by atoms with Crippen LogP contribution in [0, 0.1) is 0 Å². The number of nitrogens with zero attached hydrogens (tertiary/aromatic N) is 2. The van der Waals surface area contributed by atoms with E-state index in [1.807, 2.05) is 0 Å². The topological polar surface area (TPSA) is 47.0 Å². The average molecular weight is 275 g/mol. The SMILES string of the molecule is COCCc1nsc(NC2CCc3ccccc32)n1. The summed E-state index contributed by atoms with van der Waals surface area (Å²) in [5.74, 6) is 0.862. The van der Waals surface area contributed by atoms with Gasteiger partial charge in [-0.3, -0.25) is 0 Å². The van der Waals surface area contributed by atoms with Gasteiger partial charge in [0.1, 0.15) is 5.82 Å². The van der Waals surface area contributed by atoms with Crippen LogP contribution >= 0.6 is 11.5 Å². The van der Waals surface area contributed by atoms with E-state index < -0.39 is 0 Å². The smallest absolute Gasteiger partial charge is 0.203 e. The Morgan fingerprint density at radius 2 is 2.32 bits per heavy atom. The predicted molar refractivity (Wildman–Crippen MR) is 76.6 cm³/mol. The molecule has 100 valence electrons. The van der Waals surface area contributed by atoms with Crippen molar-refractivity contribution >= 4 is 16.7 Å². The van der Waals surface area contributed by atoms with Gasteiger partial charge in [0, 0.05) is 25.1 Å². The normalized spacial score (nSPS) is 17.4. The zero-order valence-corrected chi connectivity index (χ0v) is 11.7. The zero-order chi connectivity index (χ0) is 13.1. The molecule has 0 saturated heterocycles. The molecule has 1 aromatic carbocycles. The Labute approximate surface area is 117 Å². The van der Waals surface area contributed by atoms with Crippen LogP contribution in [0.25, 0.3) is 0 Å². The number of rotatable bonds is 5. The van der Waals surface area contributed by atoms with Crippen molar-refractivity contribution in [1.82, 2.24) is 9.36 Å². The lowest BCUT2D eigenvalue weighted by atomic mass is 10.1. The molecule has 0 spiro atoms. The molecule has 0 bridgehead atoms. The van der Waals surface area contributed by atoms with Gasteiger partial charge < -0.3 is 10.1 Å². The average Bonchev–Trinajstić information content (AvgIpc) is 3.05. The largest absolute Gasteiger partial charge is 0.384 e. The molecule has 1 atom stereocenters. The highest BCUT2D eigenvalue weighted by Crippen LogP contribution is 2.33. The summed E-state index contributed by atoms with van der Waals surface area (Å²) in [5.41, 5.74) is 2.85. The van der Waals surface area contributed by atoms with Crippen LogP contribution in [0.2, 0.25) is 0 Å². The first kappa shape index (κ1) is 12.6.